The molecule has 3 aromatic rings. The zero-order chi connectivity index (χ0) is 22.5. The zero-order valence-corrected chi connectivity index (χ0v) is 18.2. The number of halogens is 1. The van der Waals surface area contributed by atoms with Gasteiger partial charge in [0, 0.05) is 22.6 Å². The van der Waals surface area contributed by atoms with Crippen LogP contribution in [0, 0.1) is 12.7 Å². The van der Waals surface area contributed by atoms with Crippen LogP contribution in [0.2, 0.25) is 0 Å². The maximum Gasteiger partial charge on any atom is 0.343 e. The predicted molar refractivity (Wildman–Crippen MR) is 116 cm³/mol. The number of nitrogens with zero attached hydrogens (tertiary/aromatic N) is 2. The number of rotatable bonds is 1. The molecule has 2 aliphatic heterocycles. The van der Waals surface area contributed by atoms with Gasteiger partial charge in [-0.25, -0.2) is 14.2 Å². The Morgan fingerprint density at radius 3 is 2.81 bits per heavy atom. The molecule has 1 N–H and O–H groups in total. The fourth-order valence-electron chi connectivity index (χ4n) is 5.79. The summed E-state index contributed by atoms with van der Waals surface area (Å²) < 4.78 is 21.5. The van der Waals surface area contributed by atoms with E-state index in [1.165, 1.54) is 6.07 Å². The van der Waals surface area contributed by atoms with Crippen LogP contribution in [0.4, 0.5) is 4.39 Å². The Kier molecular flexibility index (Phi) is 3.83. The van der Waals surface area contributed by atoms with Crippen molar-refractivity contribution in [2.45, 2.75) is 64.7 Å². The van der Waals surface area contributed by atoms with Gasteiger partial charge in [-0.15, -0.1) is 0 Å². The maximum atomic E-state index is 14.7. The first-order chi connectivity index (χ1) is 15.3. The fourth-order valence-corrected chi connectivity index (χ4v) is 5.79. The second-order valence-corrected chi connectivity index (χ2v) is 9.25. The topological polar surface area (TPSA) is 81.4 Å². The molecule has 0 saturated heterocycles. The molecular weight excluding hydrogens is 411 g/mol. The number of cyclic esters (lactones) is 1. The Labute approximate surface area is 183 Å². The van der Waals surface area contributed by atoms with Gasteiger partial charge >= 0.3 is 5.97 Å². The van der Waals surface area contributed by atoms with Gasteiger partial charge < -0.3 is 14.4 Å². The van der Waals surface area contributed by atoms with Crippen molar-refractivity contribution in [1.82, 2.24) is 9.55 Å². The Morgan fingerprint density at radius 1 is 1.28 bits per heavy atom. The van der Waals surface area contributed by atoms with E-state index in [1.54, 1.807) is 17.6 Å². The number of benzene rings is 1. The van der Waals surface area contributed by atoms with Gasteiger partial charge in [-0.1, -0.05) is 13.8 Å². The van der Waals surface area contributed by atoms with Gasteiger partial charge in [0.2, 0.25) is 0 Å². The molecule has 32 heavy (non-hydrogen) atoms. The van der Waals surface area contributed by atoms with Crippen molar-refractivity contribution in [2.75, 3.05) is 0 Å². The third-order valence-electron chi connectivity index (χ3n) is 7.67. The molecule has 1 aliphatic carbocycles. The number of aryl methyl sites for hydroxylation is 1. The molecule has 0 bridgehead atoms. The van der Waals surface area contributed by atoms with E-state index in [0.717, 1.165) is 34.9 Å². The number of ether oxygens (including phenoxy) is 1. The van der Waals surface area contributed by atoms with Gasteiger partial charge in [0.25, 0.3) is 5.56 Å². The number of carbonyl (C=O) groups excluding carboxylic acids is 1. The summed E-state index contributed by atoms with van der Waals surface area (Å²) in [6.45, 7) is 5.87. The minimum absolute atomic E-state index is 0.0931. The third-order valence-corrected chi connectivity index (χ3v) is 7.67. The van der Waals surface area contributed by atoms with E-state index in [4.69, 9.17) is 9.72 Å². The number of hydrogen-bond donors (Lipinski definition) is 1. The molecular formula is C25H23FN2O4. The van der Waals surface area contributed by atoms with Crippen LogP contribution in [0.25, 0.3) is 22.3 Å². The Morgan fingerprint density at radius 2 is 2.06 bits per heavy atom. The monoisotopic (exact) mass is 434 g/mol. The quantitative estimate of drug-likeness (QED) is 0.463. The number of pyridine rings is 2. The van der Waals surface area contributed by atoms with Crippen molar-refractivity contribution in [3.8, 4) is 11.4 Å². The van der Waals surface area contributed by atoms with E-state index in [2.05, 4.69) is 6.92 Å². The highest BCUT2D eigenvalue weighted by atomic mass is 19.1. The number of esters is 1. The summed E-state index contributed by atoms with van der Waals surface area (Å²) >= 11 is 0. The van der Waals surface area contributed by atoms with Crippen molar-refractivity contribution < 1.29 is 19.0 Å². The Bertz CT molecular complexity index is 1440. The van der Waals surface area contributed by atoms with Crippen LogP contribution in [-0.4, -0.2) is 20.6 Å². The minimum Gasteiger partial charge on any atom is -0.458 e. The summed E-state index contributed by atoms with van der Waals surface area (Å²) in [5, 5.41) is 12.0. The normalized spacial score (nSPS) is 23.0. The molecule has 164 valence electrons. The lowest BCUT2D eigenvalue weighted by molar-refractivity contribution is -0.172. The van der Waals surface area contributed by atoms with E-state index in [9.17, 15) is 19.1 Å². The van der Waals surface area contributed by atoms with Gasteiger partial charge in [0.05, 0.1) is 29.0 Å². The van der Waals surface area contributed by atoms with Crippen molar-refractivity contribution in [3.05, 3.63) is 61.7 Å². The molecule has 7 heteroatoms. The summed E-state index contributed by atoms with van der Waals surface area (Å²) in [5.41, 5.74) is 4.02. The van der Waals surface area contributed by atoms with Gasteiger partial charge in [-0.05, 0) is 54.9 Å². The Balaban J connectivity index is 1.70. The molecule has 0 spiro atoms. The summed E-state index contributed by atoms with van der Waals surface area (Å²) in [7, 11) is 0. The first kappa shape index (κ1) is 19.6. The highest BCUT2D eigenvalue weighted by Crippen LogP contribution is 2.46. The molecule has 3 aliphatic rings. The first-order valence-electron chi connectivity index (χ1n) is 11.1. The fraction of sp³-hybridized carbons (Fsp3) is 0.400. The zero-order valence-electron chi connectivity index (χ0n) is 18.2. The van der Waals surface area contributed by atoms with E-state index in [1.807, 2.05) is 6.92 Å². The summed E-state index contributed by atoms with van der Waals surface area (Å²) in [5.74, 6) is -0.763. The highest BCUT2D eigenvalue weighted by molar-refractivity contribution is 5.93. The first-order valence-corrected chi connectivity index (χ1v) is 11.1. The van der Waals surface area contributed by atoms with Gasteiger partial charge in [0.15, 0.2) is 5.60 Å². The molecule has 1 aromatic carbocycles. The molecule has 6 nitrogen and oxygen atoms in total. The van der Waals surface area contributed by atoms with Crippen LogP contribution < -0.4 is 5.56 Å². The number of aromatic nitrogens is 2. The van der Waals surface area contributed by atoms with Crippen LogP contribution in [-0.2, 0) is 34.7 Å². The lowest BCUT2D eigenvalue weighted by Gasteiger charge is -2.31. The van der Waals surface area contributed by atoms with Crippen molar-refractivity contribution >= 4 is 16.9 Å². The molecule has 4 heterocycles. The third kappa shape index (κ3) is 2.24. The molecule has 0 amide bonds. The smallest absolute Gasteiger partial charge is 0.343 e. The number of aliphatic hydroxyl groups is 1. The van der Waals surface area contributed by atoms with E-state index in [0.29, 0.717) is 40.1 Å². The van der Waals surface area contributed by atoms with Crippen LogP contribution >= 0.6 is 0 Å². The van der Waals surface area contributed by atoms with Crippen molar-refractivity contribution in [1.29, 1.82) is 0 Å². The van der Waals surface area contributed by atoms with E-state index in [-0.39, 0.29) is 30.3 Å². The SMILES string of the molecule is CCC1(O)C(=O)OCc2c1cc1n(c2=O)Cc2c-1nc1cc(F)c(C)c3c1c2[C@H](C)CC3. The molecule has 6 rings (SSSR count). The standard InChI is InChI=1S/C25H23FN2O4/c1-4-25(31)16-7-19-22-14(9-28(19)23(29)15(16)10-32-24(25)30)20-11(2)5-6-13-12(3)17(26)8-18(27-22)21(13)20/h7-8,11,31H,4-6,9-10H2,1-3H3/t11-,25?/m1/s1. The molecule has 1 unspecified atom stereocenters. The van der Waals surface area contributed by atoms with E-state index < -0.39 is 11.6 Å². The lowest BCUT2D eigenvalue weighted by Crippen LogP contribution is -2.44. The van der Waals surface area contributed by atoms with Gasteiger partial charge in [-0.3, -0.25) is 4.79 Å². The molecule has 0 fully saturated rings. The second kappa shape index (κ2) is 6.25. The summed E-state index contributed by atoms with van der Waals surface area (Å²) in [6.07, 6.45) is 1.80. The lowest BCUT2D eigenvalue weighted by atomic mass is 9.79. The average Bonchev–Trinajstić information content (AvgIpc) is 3.14. The Hall–Kier alpha value is -3.06. The molecule has 2 atom stereocenters. The van der Waals surface area contributed by atoms with Crippen LogP contribution in [0.1, 0.15) is 66.0 Å². The van der Waals surface area contributed by atoms with Crippen molar-refractivity contribution in [2.24, 2.45) is 0 Å². The molecule has 0 saturated carbocycles. The average molecular weight is 434 g/mol. The van der Waals surface area contributed by atoms with Crippen molar-refractivity contribution in [3.63, 3.8) is 0 Å². The summed E-state index contributed by atoms with van der Waals surface area (Å²) in [4.78, 5) is 30.6. The predicted octanol–water partition coefficient (Wildman–Crippen LogP) is 3.58. The van der Waals surface area contributed by atoms with Crippen LogP contribution in [0.15, 0.2) is 16.9 Å². The largest absolute Gasteiger partial charge is 0.458 e. The molecule has 0 radical (unpaired) electrons. The molecule has 2 aromatic heterocycles. The van der Waals surface area contributed by atoms with E-state index >= 15 is 0 Å². The summed E-state index contributed by atoms with van der Waals surface area (Å²) in [6, 6.07) is 3.19. The highest BCUT2D eigenvalue weighted by Gasteiger charge is 2.45. The number of hydrogen-bond acceptors (Lipinski definition) is 5. The van der Waals surface area contributed by atoms with Gasteiger partial charge in [0.1, 0.15) is 12.4 Å². The van der Waals surface area contributed by atoms with Gasteiger partial charge in [-0.2, -0.15) is 0 Å². The maximum absolute atomic E-state index is 14.7. The number of carbonyl (C=O) groups is 1. The minimum atomic E-state index is -1.86. The second-order valence-electron chi connectivity index (χ2n) is 9.25. The van der Waals surface area contributed by atoms with Crippen LogP contribution in [0.5, 0.6) is 0 Å². The number of fused-ring (bicyclic) bond motifs is 5. The van der Waals surface area contributed by atoms with Crippen LogP contribution in [0.3, 0.4) is 0 Å².